The van der Waals surface area contributed by atoms with Gasteiger partial charge in [-0.25, -0.2) is 4.98 Å². The largest absolute Gasteiger partial charge is 0.470 e. The molecule has 0 radical (unpaired) electrons. The second kappa shape index (κ2) is 9.15. The van der Waals surface area contributed by atoms with E-state index in [1.165, 1.54) is 6.39 Å². The van der Waals surface area contributed by atoms with Crippen molar-refractivity contribution in [3.63, 3.8) is 0 Å². The van der Waals surface area contributed by atoms with Crippen LogP contribution in [0.2, 0.25) is 0 Å². The molecular weight excluding hydrogens is 428 g/mol. The molecule has 1 N–H and O–H groups in total. The monoisotopic (exact) mass is 448 g/mol. The number of benzene rings is 1. The molecule has 1 saturated heterocycles. The molecule has 1 amide bonds. The molecule has 32 heavy (non-hydrogen) atoms. The van der Waals surface area contributed by atoms with Gasteiger partial charge in [0.2, 0.25) is 5.82 Å². The summed E-state index contributed by atoms with van der Waals surface area (Å²) in [7, 11) is 0. The van der Waals surface area contributed by atoms with Gasteiger partial charge >= 0.3 is 0 Å². The summed E-state index contributed by atoms with van der Waals surface area (Å²) in [6.45, 7) is 1.75. The molecule has 0 saturated carbocycles. The fourth-order valence-corrected chi connectivity index (χ4v) is 4.14. The normalized spacial score (nSPS) is 15.6. The summed E-state index contributed by atoms with van der Waals surface area (Å²) in [5.74, 6) is 1.41. The van der Waals surface area contributed by atoms with E-state index >= 15 is 0 Å². The fraction of sp³-hybridized carbons (Fsp3) is 0.227. The third-order valence-corrected chi connectivity index (χ3v) is 5.71. The molecule has 1 unspecified atom stereocenters. The number of nitrogens with one attached hydrogen (secondary N) is 1. The van der Waals surface area contributed by atoms with Gasteiger partial charge in [0.05, 0.1) is 11.7 Å². The Balaban J connectivity index is 1.22. The second-order valence-electron chi connectivity index (χ2n) is 7.34. The van der Waals surface area contributed by atoms with Gasteiger partial charge in [-0.15, -0.1) is 4.37 Å². The number of ether oxygens (including phenoxy) is 1. The molecule has 1 aliphatic heterocycles. The van der Waals surface area contributed by atoms with Crippen LogP contribution in [0, 0.1) is 0 Å². The van der Waals surface area contributed by atoms with Crippen LogP contribution in [0.3, 0.4) is 0 Å². The lowest BCUT2D eigenvalue weighted by Gasteiger charge is -2.17. The van der Waals surface area contributed by atoms with E-state index in [4.69, 9.17) is 9.15 Å². The molecule has 5 rings (SSSR count). The topological polar surface area (TPSA) is 106 Å². The van der Waals surface area contributed by atoms with Crippen LogP contribution < -0.4 is 15.0 Å². The first kappa shape index (κ1) is 20.1. The number of pyridine rings is 1. The van der Waals surface area contributed by atoms with Crippen molar-refractivity contribution >= 4 is 23.5 Å². The molecule has 0 bridgehead atoms. The lowest BCUT2D eigenvalue weighted by molar-refractivity contribution is 0.0936. The Bertz CT molecular complexity index is 1180. The van der Waals surface area contributed by atoms with Gasteiger partial charge in [-0.3, -0.25) is 9.78 Å². The molecule has 10 heteroatoms. The van der Waals surface area contributed by atoms with Gasteiger partial charge in [0.25, 0.3) is 11.8 Å². The molecule has 9 nitrogen and oxygen atoms in total. The maximum atomic E-state index is 12.9. The third kappa shape index (κ3) is 4.30. The lowest BCUT2D eigenvalue weighted by atomic mass is 10.1. The van der Waals surface area contributed by atoms with Crippen molar-refractivity contribution in [3.8, 4) is 17.2 Å². The van der Waals surface area contributed by atoms with Crippen LogP contribution >= 0.6 is 11.7 Å². The quantitative estimate of drug-likeness (QED) is 0.460. The molecule has 0 aliphatic carbocycles. The molecular formula is C22H20N6O3S. The fourth-order valence-electron chi connectivity index (χ4n) is 3.62. The standard InChI is InChI=1S/C22H20N6O3S/c29-21(18-19(31-14-24-18)16-4-2-1-3-5-16)25-17-8-11-28(12-17)20-22(27-32-26-20)30-13-15-6-9-23-10-7-15/h1-7,9-10,14,17H,8,11-13H2,(H,25,29). The summed E-state index contributed by atoms with van der Waals surface area (Å²) < 4.78 is 20.0. The minimum atomic E-state index is -0.255. The zero-order chi connectivity index (χ0) is 21.8. The van der Waals surface area contributed by atoms with Gasteiger partial charge in [-0.05, 0) is 24.1 Å². The lowest BCUT2D eigenvalue weighted by Crippen LogP contribution is -2.37. The molecule has 162 valence electrons. The van der Waals surface area contributed by atoms with Gasteiger partial charge in [-0.2, -0.15) is 4.37 Å². The van der Waals surface area contributed by atoms with E-state index in [2.05, 4.69) is 28.9 Å². The first-order valence-corrected chi connectivity index (χ1v) is 10.9. The third-order valence-electron chi connectivity index (χ3n) is 5.21. The van der Waals surface area contributed by atoms with Crippen molar-refractivity contribution in [3.05, 3.63) is 72.5 Å². The number of aromatic nitrogens is 4. The zero-order valence-corrected chi connectivity index (χ0v) is 17.9. The Kier molecular flexibility index (Phi) is 5.75. The van der Waals surface area contributed by atoms with Crippen molar-refractivity contribution in [2.24, 2.45) is 0 Å². The van der Waals surface area contributed by atoms with Crippen molar-refractivity contribution in [1.82, 2.24) is 24.0 Å². The van der Waals surface area contributed by atoms with E-state index in [9.17, 15) is 4.79 Å². The van der Waals surface area contributed by atoms with Crippen LogP contribution in [0.5, 0.6) is 5.88 Å². The molecule has 4 heterocycles. The number of carbonyl (C=O) groups is 1. The Morgan fingerprint density at radius 1 is 1.19 bits per heavy atom. The van der Waals surface area contributed by atoms with Gasteiger partial charge in [0.15, 0.2) is 17.8 Å². The summed E-state index contributed by atoms with van der Waals surface area (Å²) in [6, 6.07) is 13.2. The summed E-state index contributed by atoms with van der Waals surface area (Å²) in [6.07, 6.45) is 5.53. The predicted octanol–water partition coefficient (Wildman–Crippen LogP) is 3.18. The van der Waals surface area contributed by atoms with Gasteiger partial charge in [-0.1, -0.05) is 30.3 Å². The van der Waals surface area contributed by atoms with Crippen LogP contribution in [0.4, 0.5) is 5.82 Å². The summed E-state index contributed by atoms with van der Waals surface area (Å²) in [5, 5.41) is 3.07. The van der Waals surface area contributed by atoms with Crippen molar-refractivity contribution in [1.29, 1.82) is 0 Å². The number of rotatable bonds is 7. The van der Waals surface area contributed by atoms with Crippen LogP contribution in [-0.2, 0) is 6.61 Å². The van der Waals surface area contributed by atoms with Gasteiger partial charge in [0, 0.05) is 37.1 Å². The molecule has 4 aromatic rings. The number of oxazole rings is 1. The second-order valence-corrected chi connectivity index (χ2v) is 7.87. The number of carbonyl (C=O) groups excluding carboxylic acids is 1. The highest BCUT2D eigenvalue weighted by atomic mass is 32.1. The summed E-state index contributed by atoms with van der Waals surface area (Å²) >= 11 is 1.11. The van der Waals surface area contributed by atoms with Crippen molar-refractivity contribution < 1.29 is 13.9 Å². The number of hydrogen-bond donors (Lipinski definition) is 1. The minimum absolute atomic E-state index is 0.0439. The van der Waals surface area contributed by atoms with Gasteiger partial charge in [0.1, 0.15) is 6.61 Å². The number of nitrogens with zero attached hydrogens (tertiary/aromatic N) is 5. The molecule has 1 aromatic carbocycles. The average molecular weight is 449 g/mol. The van der Waals surface area contributed by atoms with Crippen LogP contribution in [-0.4, -0.2) is 43.8 Å². The molecule has 1 aliphatic rings. The highest BCUT2D eigenvalue weighted by Gasteiger charge is 2.30. The molecule has 1 fully saturated rings. The zero-order valence-electron chi connectivity index (χ0n) is 17.0. The number of anilines is 1. The van der Waals surface area contributed by atoms with Crippen molar-refractivity contribution in [2.75, 3.05) is 18.0 Å². The van der Waals surface area contributed by atoms with E-state index in [1.54, 1.807) is 12.4 Å². The Morgan fingerprint density at radius 3 is 2.88 bits per heavy atom. The first-order valence-electron chi connectivity index (χ1n) is 10.2. The van der Waals surface area contributed by atoms with E-state index in [1.807, 2.05) is 42.5 Å². The SMILES string of the molecule is O=C(NC1CCN(c2nsnc2OCc2ccncc2)C1)c1ncoc1-c1ccccc1. The van der Waals surface area contributed by atoms with Gasteiger partial charge < -0.3 is 19.4 Å². The Hall–Kier alpha value is -3.79. The first-order chi connectivity index (χ1) is 15.8. The Morgan fingerprint density at radius 2 is 2.03 bits per heavy atom. The van der Waals surface area contributed by atoms with Crippen LogP contribution in [0.25, 0.3) is 11.3 Å². The van der Waals surface area contributed by atoms with E-state index in [-0.39, 0.29) is 17.6 Å². The molecule has 1 atom stereocenters. The minimum Gasteiger partial charge on any atom is -0.470 e. The molecule has 3 aromatic heterocycles. The average Bonchev–Trinajstić information content (AvgIpc) is 3.59. The van der Waals surface area contributed by atoms with E-state index < -0.39 is 0 Å². The summed E-state index contributed by atoms with van der Waals surface area (Å²) in [4.78, 5) is 23.1. The van der Waals surface area contributed by atoms with E-state index in [0.29, 0.717) is 30.6 Å². The van der Waals surface area contributed by atoms with E-state index in [0.717, 1.165) is 35.8 Å². The summed E-state index contributed by atoms with van der Waals surface area (Å²) in [5.41, 5.74) is 2.10. The maximum absolute atomic E-state index is 12.9. The molecule has 0 spiro atoms. The predicted molar refractivity (Wildman–Crippen MR) is 119 cm³/mol. The maximum Gasteiger partial charge on any atom is 0.274 e. The smallest absolute Gasteiger partial charge is 0.274 e. The highest BCUT2D eigenvalue weighted by Crippen LogP contribution is 2.29. The van der Waals surface area contributed by atoms with Crippen molar-refractivity contribution in [2.45, 2.75) is 19.1 Å². The van der Waals surface area contributed by atoms with Crippen LogP contribution in [0.15, 0.2) is 65.7 Å². The number of amides is 1. The highest BCUT2D eigenvalue weighted by molar-refractivity contribution is 6.99. The van der Waals surface area contributed by atoms with Crippen LogP contribution in [0.1, 0.15) is 22.5 Å². The Labute approximate surface area is 188 Å². The number of hydrogen-bond acceptors (Lipinski definition) is 9.